The van der Waals surface area contributed by atoms with Crippen LogP contribution < -0.4 is 0 Å². The summed E-state index contributed by atoms with van der Waals surface area (Å²) >= 11 is -0.826. The van der Waals surface area contributed by atoms with Crippen molar-refractivity contribution in [1.82, 2.24) is 9.97 Å². The number of fused-ring (bicyclic) bond motifs is 2. The van der Waals surface area contributed by atoms with Crippen LogP contribution in [0, 0.1) is 0 Å². The van der Waals surface area contributed by atoms with Crippen molar-refractivity contribution in [2.45, 2.75) is 0 Å². The Morgan fingerprint density at radius 2 is 0.909 bits per heavy atom. The zero-order chi connectivity index (χ0) is 22.9. The fraction of sp³-hybridized carbons (Fsp3) is 0. The van der Waals surface area contributed by atoms with E-state index in [1.54, 1.807) is 0 Å². The molecule has 0 aliphatic carbocycles. The Kier molecular flexibility index (Phi) is 8.61. The van der Waals surface area contributed by atoms with E-state index in [2.05, 4.69) is 82.8 Å². The molecule has 0 saturated carbocycles. The molecule has 5 heteroatoms. The molecule has 0 unspecified atom stereocenters. The van der Waals surface area contributed by atoms with Crippen LogP contribution in [0.15, 0.2) is 122 Å². The SMILES string of the molecule is [Cl][Zr+2][Cl].c1ccc(-[c-]2ccc3ccccc32)nc1.c1ccc(-[c-]2ccc3ccccc32)nc1. The third kappa shape index (κ3) is 5.86. The summed E-state index contributed by atoms with van der Waals surface area (Å²) in [7, 11) is 9.87. The van der Waals surface area contributed by atoms with E-state index in [-0.39, 0.29) is 0 Å². The minimum atomic E-state index is -0.826. The fourth-order valence-electron chi connectivity index (χ4n) is 3.79. The molecule has 0 atom stereocenters. The number of hydrogen-bond acceptors (Lipinski definition) is 2. The van der Waals surface area contributed by atoms with Gasteiger partial charge in [0.25, 0.3) is 0 Å². The smallest absolute Gasteiger partial charge is 0.0253 e. The van der Waals surface area contributed by atoms with Gasteiger partial charge in [-0.05, 0) is 0 Å². The van der Waals surface area contributed by atoms with Crippen molar-refractivity contribution < 1.29 is 20.8 Å². The Morgan fingerprint density at radius 3 is 1.30 bits per heavy atom. The Hall–Kier alpha value is -2.58. The molecule has 160 valence electrons. The monoisotopic (exact) mass is 544 g/mol. The Bertz CT molecular complexity index is 1300. The van der Waals surface area contributed by atoms with Gasteiger partial charge in [-0.1, -0.05) is 83.9 Å². The Morgan fingerprint density at radius 1 is 0.515 bits per heavy atom. The van der Waals surface area contributed by atoms with Crippen molar-refractivity contribution in [2.24, 2.45) is 0 Å². The summed E-state index contributed by atoms with van der Waals surface area (Å²) in [6.45, 7) is 0. The van der Waals surface area contributed by atoms with Gasteiger partial charge in [0, 0.05) is 23.8 Å². The Labute approximate surface area is 212 Å². The van der Waals surface area contributed by atoms with Crippen LogP contribution >= 0.6 is 17.0 Å². The largest absolute Gasteiger partial charge is 0.272 e. The van der Waals surface area contributed by atoms with E-state index < -0.39 is 20.8 Å². The van der Waals surface area contributed by atoms with Crippen LogP contribution in [-0.2, 0) is 20.8 Å². The zero-order valence-electron chi connectivity index (χ0n) is 17.7. The molecule has 2 nitrogen and oxygen atoms in total. The standard InChI is InChI=1S/2C14H10N.2ClH.Zr/c2*1-2-6-12-11(5-1)8-9-13(12)14-7-3-4-10-15-14;;;/h2*1-10H;2*1H;/q2*-1;;;+4/p-2. The van der Waals surface area contributed by atoms with Crippen LogP contribution in [0.4, 0.5) is 0 Å². The van der Waals surface area contributed by atoms with Crippen LogP contribution in [0.2, 0.25) is 0 Å². The predicted octanol–water partition coefficient (Wildman–Crippen LogP) is 8.62. The maximum absolute atomic E-state index is 4.93. The quantitative estimate of drug-likeness (QED) is 0.203. The molecular formula is C28H20Cl2N2Zr. The number of nitrogens with zero attached hydrogens (tertiary/aromatic N) is 2. The number of pyridine rings is 2. The molecule has 0 aliphatic heterocycles. The average Bonchev–Trinajstić information content (AvgIpc) is 3.51. The first-order chi connectivity index (χ1) is 16.3. The molecule has 2 aromatic heterocycles. The second kappa shape index (κ2) is 12.0. The minimum absolute atomic E-state index is 0.826. The molecule has 4 aromatic carbocycles. The van der Waals surface area contributed by atoms with Gasteiger partial charge in [-0.3, -0.25) is 9.97 Å². The van der Waals surface area contributed by atoms with E-state index in [1.807, 2.05) is 48.8 Å². The van der Waals surface area contributed by atoms with Gasteiger partial charge in [0.15, 0.2) is 0 Å². The van der Waals surface area contributed by atoms with Crippen LogP contribution in [0.3, 0.4) is 0 Å². The van der Waals surface area contributed by atoms with Gasteiger partial charge < -0.3 is 0 Å². The summed E-state index contributed by atoms with van der Waals surface area (Å²) in [4.78, 5) is 8.74. The molecule has 0 radical (unpaired) electrons. The molecule has 0 spiro atoms. The normalized spacial score (nSPS) is 10.0. The molecule has 0 fully saturated rings. The van der Waals surface area contributed by atoms with Crippen molar-refractivity contribution in [1.29, 1.82) is 0 Å². The van der Waals surface area contributed by atoms with Crippen molar-refractivity contribution in [2.75, 3.05) is 0 Å². The van der Waals surface area contributed by atoms with Crippen molar-refractivity contribution in [3.63, 3.8) is 0 Å². The van der Waals surface area contributed by atoms with E-state index in [0.29, 0.717) is 0 Å². The average molecular weight is 547 g/mol. The summed E-state index contributed by atoms with van der Waals surface area (Å²) in [5.41, 5.74) is 4.51. The molecule has 0 saturated heterocycles. The molecule has 0 amide bonds. The summed E-state index contributed by atoms with van der Waals surface area (Å²) in [6, 6.07) is 37.3. The third-order valence-corrected chi connectivity index (χ3v) is 5.24. The second-order valence-electron chi connectivity index (χ2n) is 7.17. The molecule has 0 bridgehead atoms. The first kappa shape index (κ1) is 23.6. The predicted molar refractivity (Wildman–Crippen MR) is 137 cm³/mol. The zero-order valence-corrected chi connectivity index (χ0v) is 21.7. The topological polar surface area (TPSA) is 25.8 Å². The van der Waals surface area contributed by atoms with Crippen molar-refractivity contribution in [3.05, 3.63) is 122 Å². The number of halogens is 2. The summed E-state index contributed by atoms with van der Waals surface area (Å²) < 4.78 is 0. The molecule has 6 aromatic rings. The molecule has 33 heavy (non-hydrogen) atoms. The van der Waals surface area contributed by atoms with E-state index in [1.165, 1.54) is 32.7 Å². The van der Waals surface area contributed by atoms with E-state index in [0.717, 1.165) is 11.4 Å². The minimum Gasteiger partial charge on any atom is -0.272 e. The van der Waals surface area contributed by atoms with E-state index in [4.69, 9.17) is 17.0 Å². The van der Waals surface area contributed by atoms with Gasteiger partial charge >= 0.3 is 37.9 Å². The van der Waals surface area contributed by atoms with E-state index in [9.17, 15) is 0 Å². The van der Waals surface area contributed by atoms with Crippen molar-refractivity contribution in [3.8, 4) is 22.5 Å². The third-order valence-electron chi connectivity index (χ3n) is 5.24. The Balaban J connectivity index is 0.000000141. The first-order valence-electron chi connectivity index (χ1n) is 10.4. The van der Waals surface area contributed by atoms with Gasteiger partial charge in [0.1, 0.15) is 0 Å². The molecule has 0 N–H and O–H groups in total. The molecule has 2 heterocycles. The van der Waals surface area contributed by atoms with Gasteiger partial charge in [0.2, 0.25) is 0 Å². The maximum Gasteiger partial charge on any atom is 0.0253 e. The number of hydrogen-bond donors (Lipinski definition) is 0. The number of aromatic nitrogens is 2. The van der Waals surface area contributed by atoms with Crippen LogP contribution in [0.25, 0.3) is 44.1 Å². The fourth-order valence-corrected chi connectivity index (χ4v) is 3.79. The maximum atomic E-state index is 4.93. The van der Waals surface area contributed by atoms with Gasteiger partial charge in [-0.2, -0.15) is 0 Å². The summed E-state index contributed by atoms with van der Waals surface area (Å²) in [6.07, 6.45) is 3.66. The van der Waals surface area contributed by atoms with Crippen LogP contribution in [-0.4, -0.2) is 9.97 Å². The van der Waals surface area contributed by atoms with Gasteiger partial charge in [-0.25, -0.2) is 0 Å². The first-order valence-corrected chi connectivity index (χ1v) is 16.7. The molecular weight excluding hydrogens is 526 g/mol. The second-order valence-corrected chi connectivity index (χ2v) is 10.9. The summed E-state index contributed by atoms with van der Waals surface area (Å²) in [5, 5.41) is 5.10. The van der Waals surface area contributed by atoms with Gasteiger partial charge in [-0.15, -0.1) is 57.9 Å². The van der Waals surface area contributed by atoms with Crippen LogP contribution in [0.5, 0.6) is 0 Å². The number of rotatable bonds is 2. The summed E-state index contributed by atoms with van der Waals surface area (Å²) in [5.74, 6) is 0. The van der Waals surface area contributed by atoms with Crippen LogP contribution in [0.1, 0.15) is 0 Å². The number of benzene rings is 2. The van der Waals surface area contributed by atoms with Gasteiger partial charge in [0.05, 0.1) is 0 Å². The van der Waals surface area contributed by atoms with E-state index >= 15 is 0 Å². The molecule has 0 aliphatic rings. The van der Waals surface area contributed by atoms with Crippen molar-refractivity contribution >= 4 is 38.6 Å². The molecule has 6 rings (SSSR count).